The molecule has 3 rings (SSSR count). The van der Waals surface area contributed by atoms with Gasteiger partial charge < -0.3 is 14.6 Å². The van der Waals surface area contributed by atoms with Gasteiger partial charge in [0.1, 0.15) is 16.7 Å². The van der Waals surface area contributed by atoms with Crippen LogP contribution >= 0.6 is 11.6 Å². The lowest BCUT2D eigenvalue weighted by Gasteiger charge is -2.26. The summed E-state index contributed by atoms with van der Waals surface area (Å²) in [5, 5.41) is 4.19. The molecular formula is C16H20ClN3O. The smallest absolute Gasteiger partial charge is 0.128 e. The summed E-state index contributed by atoms with van der Waals surface area (Å²) in [5.41, 5.74) is 1.29. The molecule has 0 amide bonds. The van der Waals surface area contributed by atoms with Gasteiger partial charge in [0, 0.05) is 19.5 Å². The van der Waals surface area contributed by atoms with Crippen molar-refractivity contribution in [1.82, 2.24) is 14.9 Å². The first kappa shape index (κ1) is 14.4. The summed E-state index contributed by atoms with van der Waals surface area (Å²) in [6.07, 6.45) is 2.74. The molecule has 0 spiro atoms. The molecular weight excluding hydrogens is 286 g/mol. The Kier molecular flexibility index (Phi) is 4.17. The van der Waals surface area contributed by atoms with Gasteiger partial charge in [-0.25, -0.2) is 4.98 Å². The fraction of sp³-hybridized carbons (Fsp3) is 0.438. The summed E-state index contributed by atoms with van der Waals surface area (Å²) in [4.78, 5) is 4.35. The van der Waals surface area contributed by atoms with Gasteiger partial charge in [0.15, 0.2) is 0 Å². The summed E-state index contributed by atoms with van der Waals surface area (Å²) in [5.74, 6) is 2.47. The Bertz CT molecular complexity index is 626. The van der Waals surface area contributed by atoms with Gasteiger partial charge in [-0.15, -0.1) is 0 Å². The fourth-order valence-electron chi connectivity index (χ4n) is 2.76. The number of rotatable bonds is 4. The van der Waals surface area contributed by atoms with Crippen molar-refractivity contribution in [1.29, 1.82) is 0 Å². The molecule has 0 bridgehead atoms. The molecule has 4 nitrogen and oxygen atoms in total. The van der Waals surface area contributed by atoms with Crippen molar-refractivity contribution in [3.8, 4) is 5.75 Å². The van der Waals surface area contributed by atoms with Crippen molar-refractivity contribution in [3.63, 3.8) is 0 Å². The number of nitrogens with zero attached hydrogens (tertiary/aromatic N) is 2. The molecule has 2 unspecified atom stereocenters. The van der Waals surface area contributed by atoms with Gasteiger partial charge in [-0.2, -0.15) is 0 Å². The van der Waals surface area contributed by atoms with E-state index in [1.807, 2.05) is 23.7 Å². The Morgan fingerprint density at radius 2 is 2.29 bits per heavy atom. The summed E-state index contributed by atoms with van der Waals surface area (Å²) >= 11 is 6.03. The molecule has 0 fully saturated rings. The molecule has 0 radical (unpaired) electrons. The molecule has 21 heavy (non-hydrogen) atoms. The van der Waals surface area contributed by atoms with Crippen LogP contribution in [0.3, 0.4) is 0 Å². The van der Waals surface area contributed by atoms with E-state index in [9.17, 15) is 0 Å². The van der Waals surface area contributed by atoms with E-state index >= 15 is 0 Å². The summed E-state index contributed by atoms with van der Waals surface area (Å²) in [6, 6.07) is 8.43. The van der Waals surface area contributed by atoms with Crippen LogP contribution in [-0.2, 0) is 13.5 Å². The van der Waals surface area contributed by atoms with Gasteiger partial charge >= 0.3 is 0 Å². The van der Waals surface area contributed by atoms with Crippen LogP contribution in [0.25, 0.3) is 0 Å². The maximum atomic E-state index is 6.03. The van der Waals surface area contributed by atoms with Gasteiger partial charge in [-0.3, -0.25) is 0 Å². The highest BCUT2D eigenvalue weighted by Crippen LogP contribution is 2.26. The highest BCUT2D eigenvalue weighted by atomic mass is 35.5. The third-order valence-electron chi connectivity index (χ3n) is 4.02. The quantitative estimate of drug-likeness (QED) is 0.944. The first-order valence-electron chi connectivity index (χ1n) is 7.26. The number of hydrogen-bond donors (Lipinski definition) is 1. The zero-order valence-corrected chi connectivity index (χ0v) is 13.1. The number of fused-ring (bicyclic) bond motifs is 1. The van der Waals surface area contributed by atoms with Crippen LogP contribution in [0, 0.1) is 5.92 Å². The van der Waals surface area contributed by atoms with Crippen molar-refractivity contribution in [2.45, 2.75) is 19.4 Å². The molecule has 1 aliphatic heterocycles. The molecule has 1 aliphatic rings. The van der Waals surface area contributed by atoms with Crippen LogP contribution in [0.2, 0.25) is 5.15 Å². The van der Waals surface area contributed by atoms with E-state index in [0.717, 1.165) is 31.1 Å². The standard InChI is InChI=1S/C16H20ClN3O/c1-11(16-19-9-15(17)20(16)2)18-8-12-7-13-5-3-4-6-14(13)21-10-12/h3-6,9,11-12,18H,7-8,10H2,1-2H3. The average molecular weight is 306 g/mol. The molecule has 0 saturated heterocycles. The molecule has 1 aromatic heterocycles. The number of ether oxygens (including phenoxy) is 1. The zero-order chi connectivity index (χ0) is 14.8. The van der Waals surface area contributed by atoms with E-state index in [2.05, 4.69) is 29.4 Å². The predicted octanol–water partition coefficient (Wildman–Crippen LogP) is 2.98. The van der Waals surface area contributed by atoms with Gasteiger partial charge in [0.2, 0.25) is 0 Å². The highest BCUT2D eigenvalue weighted by molar-refractivity contribution is 6.29. The minimum absolute atomic E-state index is 0.166. The number of para-hydroxylation sites is 1. The van der Waals surface area contributed by atoms with Gasteiger partial charge in [-0.05, 0) is 25.0 Å². The van der Waals surface area contributed by atoms with E-state index in [1.54, 1.807) is 6.20 Å². The SMILES string of the molecule is CC(NCC1COc2ccccc2C1)c1ncc(Cl)n1C. The largest absolute Gasteiger partial charge is 0.493 e. The Labute approximate surface area is 130 Å². The molecule has 2 heterocycles. The number of hydrogen-bond acceptors (Lipinski definition) is 3. The second-order valence-corrected chi connectivity index (χ2v) is 6.00. The Balaban J connectivity index is 1.58. The predicted molar refractivity (Wildman–Crippen MR) is 83.8 cm³/mol. The Morgan fingerprint density at radius 1 is 1.48 bits per heavy atom. The molecule has 0 aliphatic carbocycles. The number of benzene rings is 1. The Morgan fingerprint density at radius 3 is 3.05 bits per heavy atom. The molecule has 1 aromatic carbocycles. The zero-order valence-electron chi connectivity index (χ0n) is 12.3. The summed E-state index contributed by atoms with van der Waals surface area (Å²) < 4.78 is 7.73. The maximum absolute atomic E-state index is 6.03. The maximum Gasteiger partial charge on any atom is 0.128 e. The van der Waals surface area contributed by atoms with E-state index < -0.39 is 0 Å². The molecule has 112 valence electrons. The lowest BCUT2D eigenvalue weighted by Crippen LogP contribution is -2.33. The van der Waals surface area contributed by atoms with Crippen LogP contribution in [-0.4, -0.2) is 22.7 Å². The fourth-order valence-corrected chi connectivity index (χ4v) is 2.90. The second-order valence-electron chi connectivity index (χ2n) is 5.62. The number of imidazole rings is 1. The van der Waals surface area contributed by atoms with Crippen molar-refractivity contribution in [2.75, 3.05) is 13.2 Å². The highest BCUT2D eigenvalue weighted by Gasteiger charge is 2.21. The Hall–Kier alpha value is -1.52. The van der Waals surface area contributed by atoms with Crippen molar-refractivity contribution in [3.05, 3.63) is 47.0 Å². The molecule has 0 saturated carbocycles. The molecule has 2 atom stereocenters. The lowest BCUT2D eigenvalue weighted by molar-refractivity contribution is 0.214. The van der Waals surface area contributed by atoms with Gasteiger partial charge in [-0.1, -0.05) is 29.8 Å². The normalized spacial score (nSPS) is 18.9. The van der Waals surface area contributed by atoms with Crippen molar-refractivity contribution >= 4 is 11.6 Å². The average Bonchev–Trinajstić information content (AvgIpc) is 2.84. The third kappa shape index (κ3) is 3.06. The second kappa shape index (κ2) is 6.08. The van der Waals surface area contributed by atoms with Crippen molar-refractivity contribution in [2.24, 2.45) is 13.0 Å². The topological polar surface area (TPSA) is 39.1 Å². The van der Waals surface area contributed by atoms with Crippen LogP contribution in [0.15, 0.2) is 30.5 Å². The summed E-state index contributed by atoms with van der Waals surface area (Å²) in [7, 11) is 1.93. The van der Waals surface area contributed by atoms with Crippen LogP contribution in [0.1, 0.15) is 24.4 Å². The minimum atomic E-state index is 0.166. The van der Waals surface area contributed by atoms with Gasteiger partial charge in [0.05, 0.1) is 18.8 Å². The molecule has 5 heteroatoms. The van der Waals surface area contributed by atoms with E-state index in [1.165, 1.54) is 5.56 Å². The van der Waals surface area contributed by atoms with Crippen LogP contribution < -0.4 is 10.1 Å². The minimum Gasteiger partial charge on any atom is -0.493 e. The van der Waals surface area contributed by atoms with Crippen molar-refractivity contribution < 1.29 is 4.74 Å². The van der Waals surface area contributed by atoms with E-state index in [0.29, 0.717) is 11.1 Å². The number of nitrogens with one attached hydrogen (secondary N) is 1. The first-order chi connectivity index (χ1) is 10.1. The third-order valence-corrected chi connectivity index (χ3v) is 4.37. The number of halogens is 1. The first-order valence-corrected chi connectivity index (χ1v) is 7.64. The van der Waals surface area contributed by atoms with E-state index in [4.69, 9.17) is 16.3 Å². The van der Waals surface area contributed by atoms with E-state index in [-0.39, 0.29) is 6.04 Å². The van der Waals surface area contributed by atoms with Crippen LogP contribution in [0.5, 0.6) is 5.75 Å². The molecule has 1 N–H and O–H groups in total. The monoisotopic (exact) mass is 305 g/mol. The molecule has 2 aromatic rings. The summed E-state index contributed by atoms with van der Waals surface area (Å²) in [6.45, 7) is 3.77. The van der Waals surface area contributed by atoms with Gasteiger partial charge in [0.25, 0.3) is 0 Å². The lowest BCUT2D eigenvalue weighted by atomic mass is 9.96. The van der Waals surface area contributed by atoms with Crippen LogP contribution in [0.4, 0.5) is 0 Å². The number of aromatic nitrogens is 2.